The lowest BCUT2D eigenvalue weighted by Gasteiger charge is -2.24. The molecule has 0 amide bonds. The zero-order valence-corrected chi connectivity index (χ0v) is 15.7. The van der Waals surface area contributed by atoms with Gasteiger partial charge < -0.3 is 24.4 Å². The number of hydrogen-bond donors (Lipinski definition) is 1. The summed E-state index contributed by atoms with van der Waals surface area (Å²) in [7, 11) is 3.75. The van der Waals surface area contributed by atoms with Gasteiger partial charge in [0.05, 0.1) is 20.3 Å². The smallest absolute Gasteiger partial charge is 0.193 e. The number of guanidine groups is 1. The van der Waals surface area contributed by atoms with Gasteiger partial charge in [0.2, 0.25) is 0 Å². The van der Waals surface area contributed by atoms with E-state index in [1.165, 1.54) is 0 Å². The van der Waals surface area contributed by atoms with Crippen molar-refractivity contribution in [3.63, 3.8) is 0 Å². The van der Waals surface area contributed by atoms with Crippen LogP contribution >= 0.6 is 0 Å². The number of hydrogen-bond acceptors (Lipinski definition) is 4. The molecule has 6 nitrogen and oxygen atoms in total. The molecule has 6 heteroatoms. The molecule has 0 aromatic heterocycles. The molecule has 2 rings (SSSR count). The fourth-order valence-electron chi connectivity index (χ4n) is 2.80. The Labute approximate surface area is 151 Å². The molecule has 0 radical (unpaired) electrons. The molecule has 1 aromatic carbocycles. The average molecular weight is 349 g/mol. The van der Waals surface area contributed by atoms with Crippen molar-refractivity contribution in [3.05, 3.63) is 24.3 Å². The van der Waals surface area contributed by atoms with Crippen molar-refractivity contribution in [2.45, 2.75) is 19.8 Å². The minimum atomic E-state index is 0.602. The zero-order chi connectivity index (χ0) is 17.9. The molecule has 1 aliphatic rings. The predicted molar refractivity (Wildman–Crippen MR) is 101 cm³/mol. The molecular formula is C19H31N3O3. The molecule has 1 atom stereocenters. The van der Waals surface area contributed by atoms with E-state index in [4.69, 9.17) is 19.2 Å². The summed E-state index contributed by atoms with van der Waals surface area (Å²) >= 11 is 0. The van der Waals surface area contributed by atoms with Gasteiger partial charge in [-0.15, -0.1) is 0 Å². The van der Waals surface area contributed by atoms with E-state index < -0.39 is 0 Å². The second-order valence-electron chi connectivity index (χ2n) is 6.23. The molecule has 1 fully saturated rings. The summed E-state index contributed by atoms with van der Waals surface area (Å²) in [6.07, 6.45) is 2.00. The molecular weight excluding hydrogens is 318 g/mol. The normalized spacial score (nSPS) is 17.4. The number of benzene rings is 1. The summed E-state index contributed by atoms with van der Waals surface area (Å²) in [5.41, 5.74) is 0. The Morgan fingerprint density at radius 2 is 2.24 bits per heavy atom. The minimum Gasteiger partial charge on any atom is -0.497 e. The Morgan fingerprint density at radius 1 is 1.40 bits per heavy atom. The van der Waals surface area contributed by atoms with Crippen LogP contribution in [0.5, 0.6) is 11.5 Å². The van der Waals surface area contributed by atoms with Gasteiger partial charge in [-0.2, -0.15) is 0 Å². The Hall–Kier alpha value is -1.95. The third-order valence-corrected chi connectivity index (χ3v) is 4.13. The van der Waals surface area contributed by atoms with Gasteiger partial charge in [0.25, 0.3) is 0 Å². The summed E-state index contributed by atoms with van der Waals surface area (Å²) in [6, 6.07) is 7.67. The van der Waals surface area contributed by atoms with E-state index in [2.05, 4.69) is 24.2 Å². The van der Waals surface area contributed by atoms with E-state index in [0.29, 0.717) is 12.5 Å². The second-order valence-corrected chi connectivity index (χ2v) is 6.23. The van der Waals surface area contributed by atoms with Crippen molar-refractivity contribution in [1.29, 1.82) is 0 Å². The molecule has 1 aromatic rings. The Morgan fingerprint density at radius 3 is 2.96 bits per heavy atom. The first-order chi connectivity index (χ1) is 12.2. The first-order valence-electron chi connectivity index (χ1n) is 9.07. The molecule has 1 N–H and O–H groups in total. The van der Waals surface area contributed by atoms with E-state index in [1.807, 2.05) is 24.3 Å². The van der Waals surface area contributed by atoms with Crippen LogP contribution in [0.4, 0.5) is 0 Å². The van der Waals surface area contributed by atoms with E-state index in [0.717, 1.165) is 63.1 Å². The molecule has 0 bridgehead atoms. The lowest BCUT2D eigenvalue weighted by Crippen LogP contribution is -2.41. The van der Waals surface area contributed by atoms with Gasteiger partial charge in [-0.3, -0.25) is 4.99 Å². The van der Waals surface area contributed by atoms with Gasteiger partial charge in [-0.05, 0) is 25.5 Å². The summed E-state index contributed by atoms with van der Waals surface area (Å²) in [4.78, 5) is 6.91. The summed E-state index contributed by atoms with van der Waals surface area (Å²) < 4.78 is 16.4. The van der Waals surface area contributed by atoms with Crippen molar-refractivity contribution in [2.24, 2.45) is 10.9 Å². The molecule has 1 saturated heterocycles. The number of rotatable bonds is 9. The summed E-state index contributed by atoms with van der Waals surface area (Å²) in [5.74, 6) is 3.19. The van der Waals surface area contributed by atoms with E-state index >= 15 is 0 Å². The van der Waals surface area contributed by atoms with Gasteiger partial charge in [0, 0.05) is 51.7 Å². The molecule has 1 unspecified atom stereocenters. The third-order valence-electron chi connectivity index (χ3n) is 4.13. The molecule has 25 heavy (non-hydrogen) atoms. The molecule has 140 valence electrons. The first kappa shape index (κ1) is 19.4. The van der Waals surface area contributed by atoms with Crippen LogP contribution in [-0.4, -0.2) is 64.5 Å². The SMILES string of the molecule is CCNC(=NCCCOc1cccc(OC)c1)N(C)CC1CCOC1. The number of aliphatic imine (C=N–C) groups is 1. The molecule has 1 aliphatic heterocycles. The number of nitrogens with one attached hydrogen (secondary N) is 1. The fraction of sp³-hybridized carbons (Fsp3) is 0.632. The number of nitrogens with zero attached hydrogens (tertiary/aromatic N) is 2. The standard InChI is InChI=1S/C19H31N3O3/c1-4-20-19(22(2)14-16-9-12-24-15-16)21-10-6-11-25-18-8-5-7-17(13-18)23-3/h5,7-8,13,16H,4,6,9-12,14-15H2,1-3H3,(H,20,21). The molecule has 1 heterocycles. The maximum Gasteiger partial charge on any atom is 0.193 e. The minimum absolute atomic E-state index is 0.602. The maximum absolute atomic E-state index is 5.76. The van der Waals surface area contributed by atoms with Crippen LogP contribution in [0.2, 0.25) is 0 Å². The van der Waals surface area contributed by atoms with Crippen LogP contribution in [0.3, 0.4) is 0 Å². The van der Waals surface area contributed by atoms with Gasteiger partial charge >= 0.3 is 0 Å². The van der Waals surface area contributed by atoms with E-state index in [1.54, 1.807) is 7.11 Å². The highest BCUT2D eigenvalue weighted by Crippen LogP contribution is 2.18. The van der Waals surface area contributed by atoms with Crippen LogP contribution in [-0.2, 0) is 4.74 Å². The molecule has 0 spiro atoms. The van der Waals surface area contributed by atoms with Crippen molar-refractivity contribution in [3.8, 4) is 11.5 Å². The largest absolute Gasteiger partial charge is 0.497 e. The maximum atomic E-state index is 5.76. The fourth-order valence-corrected chi connectivity index (χ4v) is 2.80. The Balaban J connectivity index is 1.74. The van der Waals surface area contributed by atoms with E-state index in [9.17, 15) is 0 Å². The van der Waals surface area contributed by atoms with Crippen LogP contribution < -0.4 is 14.8 Å². The van der Waals surface area contributed by atoms with Gasteiger partial charge in [-0.25, -0.2) is 0 Å². The number of ether oxygens (including phenoxy) is 3. The predicted octanol–water partition coefficient (Wildman–Crippen LogP) is 2.40. The highest BCUT2D eigenvalue weighted by molar-refractivity contribution is 5.79. The lowest BCUT2D eigenvalue weighted by molar-refractivity contribution is 0.181. The zero-order valence-electron chi connectivity index (χ0n) is 15.7. The van der Waals surface area contributed by atoms with Gasteiger partial charge in [-0.1, -0.05) is 6.07 Å². The highest BCUT2D eigenvalue weighted by Gasteiger charge is 2.18. The first-order valence-corrected chi connectivity index (χ1v) is 9.07. The third kappa shape index (κ3) is 6.82. The van der Waals surface area contributed by atoms with Crippen LogP contribution in [0, 0.1) is 5.92 Å². The van der Waals surface area contributed by atoms with Crippen LogP contribution in [0.25, 0.3) is 0 Å². The van der Waals surface area contributed by atoms with Crippen molar-refractivity contribution in [2.75, 3.05) is 53.6 Å². The average Bonchev–Trinajstić information content (AvgIpc) is 3.13. The number of methoxy groups -OCH3 is 1. The van der Waals surface area contributed by atoms with Crippen molar-refractivity contribution in [1.82, 2.24) is 10.2 Å². The monoisotopic (exact) mass is 349 g/mol. The van der Waals surface area contributed by atoms with Crippen LogP contribution in [0.15, 0.2) is 29.3 Å². The Bertz CT molecular complexity index is 530. The highest BCUT2D eigenvalue weighted by atomic mass is 16.5. The lowest BCUT2D eigenvalue weighted by atomic mass is 10.1. The van der Waals surface area contributed by atoms with E-state index in [-0.39, 0.29) is 0 Å². The van der Waals surface area contributed by atoms with Crippen LogP contribution in [0.1, 0.15) is 19.8 Å². The quantitative estimate of drug-likeness (QED) is 0.421. The Kier molecular flexibility index (Phi) is 8.39. The summed E-state index contributed by atoms with van der Waals surface area (Å²) in [5, 5.41) is 3.36. The van der Waals surface area contributed by atoms with Gasteiger partial charge in [0.15, 0.2) is 5.96 Å². The van der Waals surface area contributed by atoms with Gasteiger partial charge in [0.1, 0.15) is 11.5 Å². The second kappa shape index (κ2) is 10.8. The molecule has 0 aliphatic carbocycles. The van der Waals surface area contributed by atoms with Crippen molar-refractivity contribution >= 4 is 5.96 Å². The molecule has 0 saturated carbocycles. The topological polar surface area (TPSA) is 55.3 Å². The van der Waals surface area contributed by atoms with Crippen molar-refractivity contribution < 1.29 is 14.2 Å². The summed E-state index contributed by atoms with van der Waals surface area (Å²) in [6.45, 7) is 7.05.